The molecule has 8 heteroatoms. The third-order valence-corrected chi connectivity index (χ3v) is 5.67. The Labute approximate surface area is 197 Å². The van der Waals surface area contributed by atoms with E-state index in [1.807, 2.05) is 36.4 Å². The van der Waals surface area contributed by atoms with Crippen molar-refractivity contribution < 1.29 is 23.8 Å². The fourth-order valence-corrected chi connectivity index (χ4v) is 3.89. The van der Waals surface area contributed by atoms with Crippen LogP contribution in [-0.4, -0.2) is 38.1 Å². The van der Waals surface area contributed by atoms with Gasteiger partial charge in [0.25, 0.3) is 5.91 Å². The van der Waals surface area contributed by atoms with Gasteiger partial charge in [0.2, 0.25) is 11.7 Å². The summed E-state index contributed by atoms with van der Waals surface area (Å²) in [6.07, 6.45) is 4.96. The third kappa shape index (κ3) is 4.43. The third-order valence-electron chi connectivity index (χ3n) is 5.67. The van der Waals surface area contributed by atoms with E-state index in [-0.39, 0.29) is 5.91 Å². The highest BCUT2D eigenvalue weighted by Gasteiger charge is 2.26. The number of aryl methyl sites for hydroxylation is 1. The van der Waals surface area contributed by atoms with E-state index in [0.29, 0.717) is 47.0 Å². The fourth-order valence-electron chi connectivity index (χ4n) is 3.89. The Hall–Kier alpha value is -4.33. The summed E-state index contributed by atoms with van der Waals surface area (Å²) in [6, 6.07) is 12.7. The molecule has 0 spiro atoms. The molecule has 174 valence electrons. The van der Waals surface area contributed by atoms with Crippen molar-refractivity contribution >= 4 is 23.2 Å². The Morgan fingerprint density at radius 1 is 1.00 bits per heavy atom. The van der Waals surface area contributed by atoms with Gasteiger partial charge >= 0.3 is 0 Å². The Kier molecular flexibility index (Phi) is 6.49. The van der Waals surface area contributed by atoms with Gasteiger partial charge in [-0.3, -0.25) is 9.59 Å². The van der Waals surface area contributed by atoms with Crippen LogP contribution in [0, 0.1) is 0 Å². The summed E-state index contributed by atoms with van der Waals surface area (Å²) in [5.41, 5.74) is 9.74. The summed E-state index contributed by atoms with van der Waals surface area (Å²) in [6.45, 7) is 0. The highest BCUT2D eigenvalue weighted by atomic mass is 16.5. The predicted octanol–water partition coefficient (Wildman–Crippen LogP) is 3.84. The molecule has 8 nitrogen and oxygen atoms in total. The lowest BCUT2D eigenvalue weighted by Gasteiger charge is -2.14. The van der Waals surface area contributed by atoms with Crippen molar-refractivity contribution in [2.45, 2.75) is 12.8 Å². The number of benzene rings is 2. The lowest BCUT2D eigenvalue weighted by atomic mass is 10.00. The molecule has 1 aliphatic rings. The quantitative estimate of drug-likeness (QED) is 0.495. The first-order valence-electron chi connectivity index (χ1n) is 10.7. The number of amides is 2. The van der Waals surface area contributed by atoms with Gasteiger partial charge in [0, 0.05) is 28.5 Å². The van der Waals surface area contributed by atoms with E-state index in [9.17, 15) is 9.59 Å². The van der Waals surface area contributed by atoms with Gasteiger partial charge in [-0.25, -0.2) is 4.98 Å². The second-order valence-electron chi connectivity index (χ2n) is 7.71. The highest BCUT2D eigenvalue weighted by Crippen LogP contribution is 2.42. The molecule has 0 fully saturated rings. The Morgan fingerprint density at radius 2 is 1.68 bits per heavy atom. The van der Waals surface area contributed by atoms with Gasteiger partial charge in [0.05, 0.1) is 21.3 Å². The SMILES string of the molecule is COc1cc(-c2cnc3c(c2)/C(=C/CCc2ccc(C(N)=O)cc2)C(=O)N3)cc(OC)c1OC. The summed E-state index contributed by atoms with van der Waals surface area (Å²) < 4.78 is 16.3. The van der Waals surface area contributed by atoms with Crippen molar-refractivity contribution in [2.24, 2.45) is 5.73 Å². The lowest BCUT2D eigenvalue weighted by molar-refractivity contribution is -0.110. The summed E-state index contributed by atoms with van der Waals surface area (Å²) in [5.74, 6) is 1.45. The van der Waals surface area contributed by atoms with Crippen molar-refractivity contribution in [3.05, 3.63) is 71.4 Å². The van der Waals surface area contributed by atoms with Gasteiger partial charge in [-0.1, -0.05) is 18.2 Å². The molecule has 0 unspecified atom stereocenters. The second-order valence-corrected chi connectivity index (χ2v) is 7.71. The smallest absolute Gasteiger partial charge is 0.257 e. The van der Waals surface area contributed by atoms with Gasteiger partial charge in [0.1, 0.15) is 5.82 Å². The van der Waals surface area contributed by atoms with Crippen LogP contribution in [0.2, 0.25) is 0 Å². The molecule has 1 aliphatic heterocycles. The van der Waals surface area contributed by atoms with Crippen LogP contribution in [0.3, 0.4) is 0 Å². The molecule has 2 heterocycles. The number of nitrogens with zero attached hydrogens (tertiary/aromatic N) is 1. The molecule has 2 amide bonds. The molecular weight excluding hydrogens is 434 g/mol. The minimum absolute atomic E-state index is 0.186. The molecule has 4 rings (SSSR count). The Bertz CT molecular complexity index is 1260. The zero-order chi connectivity index (χ0) is 24.2. The van der Waals surface area contributed by atoms with Crippen LogP contribution in [0.1, 0.15) is 27.9 Å². The average molecular weight is 460 g/mol. The number of primary amides is 1. The maximum atomic E-state index is 12.6. The molecule has 0 atom stereocenters. The van der Waals surface area contributed by atoms with Crippen LogP contribution < -0.4 is 25.3 Å². The highest BCUT2D eigenvalue weighted by molar-refractivity contribution is 6.31. The normalized spacial score (nSPS) is 13.4. The minimum atomic E-state index is -0.455. The number of allylic oxidation sites excluding steroid dienone is 1. The summed E-state index contributed by atoms with van der Waals surface area (Å²) in [7, 11) is 4.68. The Morgan fingerprint density at radius 3 is 2.26 bits per heavy atom. The van der Waals surface area contributed by atoms with Gasteiger partial charge in [-0.2, -0.15) is 0 Å². The number of hydrogen-bond acceptors (Lipinski definition) is 6. The molecule has 3 aromatic rings. The number of nitrogens with one attached hydrogen (secondary N) is 1. The molecule has 0 aliphatic carbocycles. The van der Waals surface area contributed by atoms with Crippen LogP contribution in [0.25, 0.3) is 16.7 Å². The maximum Gasteiger partial charge on any atom is 0.257 e. The fraction of sp³-hybridized carbons (Fsp3) is 0.192. The van der Waals surface area contributed by atoms with Crippen molar-refractivity contribution in [3.8, 4) is 28.4 Å². The number of carbonyl (C=O) groups excluding carboxylic acids is 2. The number of aromatic nitrogens is 1. The number of anilines is 1. The first kappa shape index (κ1) is 22.8. The van der Waals surface area contributed by atoms with Crippen LogP contribution in [0.5, 0.6) is 17.2 Å². The molecule has 0 radical (unpaired) electrons. The lowest BCUT2D eigenvalue weighted by Crippen LogP contribution is -2.10. The zero-order valence-corrected chi connectivity index (χ0v) is 19.2. The van der Waals surface area contributed by atoms with E-state index >= 15 is 0 Å². The second kappa shape index (κ2) is 9.66. The molecule has 2 aromatic carbocycles. The van der Waals surface area contributed by atoms with E-state index in [0.717, 1.165) is 22.3 Å². The molecule has 0 saturated heterocycles. The van der Waals surface area contributed by atoms with Gasteiger partial charge < -0.3 is 25.3 Å². The number of rotatable bonds is 8. The van der Waals surface area contributed by atoms with Crippen molar-refractivity contribution in [1.29, 1.82) is 0 Å². The maximum absolute atomic E-state index is 12.6. The monoisotopic (exact) mass is 459 g/mol. The van der Waals surface area contributed by atoms with Crippen LogP contribution >= 0.6 is 0 Å². The van der Waals surface area contributed by atoms with Gasteiger partial charge in [-0.15, -0.1) is 0 Å². The average Bonchev–Trinajstić information content (AvgIpc) is 3.17. The van der Waals surface area contributed by atoms with Crippen molar-refractivity contribution in [3.63, 3.8) is 0 Å². The molecule has 0 saturated carbocycles. The topological polar surface area (TPSA) is 113 Å². The van der Waals surface area contributed by atoms with E-state index in [1.165, 1.54) is 0 Å². The van der Waals surface area contributed by atoms with Crippen LogP contribution in [-0.2, 0) is 11.2 Å². The van der Waals surface area contributed by atoms with E-state index in [4.69, 9.17) is 19.9 Å². The predicted molar refractivity (Wildman–Crippen MR) is 129 cm³/mol. The molecule has 34 heavy (non-hydrogen) atoms. The summed E-state index contributed by atoms with van der Waals surface area (Å²) in [5, 5.41) is 2.82. The number of fused-ring (bicyclic) bond motifs is 1. The van der Waals surface area contributed by atoms with E-state index in [1.54, 1.807) is 39.7 Å². The summed E-state index contributed by atoms with van der Waals surface area (Å²) >= 11 is 0. The van der Waals surface area contributed by atoms with E-state index < -0.39 is 5.91 Å². The molecule has 3 N–H and O–H groups in total. The van der Waals surface area contributed by atoms with Gasteiger partial charge in [-0.05, 0) is 54.3 Å². The number of methoxy groups -OCH3 is 3. The number of ether oxygens (including phenoxy) is 3. The van der Waals surface area contributed by atoms with Gasteiger partial charge in [0.15, 0.2) is 11.5 Å². The molecular formula is C26H25N3O5. The number of pyridine rings is 1. The minimum Gasteiger partial charge on any atom is -0.493 e. The number of nitrogens with two attached hydrogens (primary N) is 1. The van der Waals surface area contributed by atoms with Crippen molar-refractivity contribution in [1.82, 2.24) is 4.98 Å². The van der Waals surface area contributed by atoms with Crippen molar-refractivity contribution in [2.75, 3.05) is 26.6 Å². The molecule has 1 aromatic heterocycles. The molecule has 0 bridgehead atoms. The number of hydrogen-bond donors (Lipinski definition) is 2. The Balaban J connectivity index is 1.61. The van der Waals surface area contributed by atoms with Crippen LogP contribution in [0.4, 0.5) is 5.82 Å². The zero-order valence-electron chi connectivity index (χ0n) is 19.2. The first-order valence-corrected chi connectivity index (χ1v) is 10.7. The van der Waals surface area contributed by atoms with E-state index in [2.05, 4.69) is 10.3 Å². The standard InChI is InChI=1S/C26H25N3O5/c1-32-21-12-17(13-22(33-2)23(21)34-3)18-11-20-19(26(31)29-25(20)28-14-18)6-4-5-15-7-9-16(10-8-15)24(27)30/h6-14H,4-5H2,1-3H3,(H2,27,30)(H,28,29,31)/b19-6-. The largest absolute Gasteiger partial charge is 0.493 e. The number of carbonyl (C=O) groups is 2. The summed E-state index contributed by atoms with van der Waals surface area (Å²) in [4.78, 5) is 28.3. The van der Waals surface area contributed by atoms with Crippen LogP contribution in [0.15, 0.2) is 54.7 Å². The first-order chi connectivity index (χ1) is 16.4.